The van der Waals surface area contributed by atoms with E-state index in [0.29, 0.717) is 26.2 Å². The zero-order valence-electron chi connectivity index (χ0n) is 18.5. The normalized spacial score (nSPS) is 16.3. The number of nitrogens with zero attached hydrogens (tertiary/aromatic N) is 5. The molecule has 2 aromatic heterocycles. The van der Waals surface area contributed by atoms with Gasteiger partial charge in [0.2, 0.25) is 15.0 Å². The predicted octanol–water partition coefficient (Wildman–Crippen LogP) is 2.87. The maximum Gasteiger partial charge on any atom is 0.228 e. The van der Waals surface area contributed by atoms with Crippen molar-refractivity contribution in [3.05, 3.63) is 30.1 Å². The van der Waals surface area contributed by atoms with Crippen LogP contribution in [-0.2, 0) is 40.8 Å². The Morgan fingerprint density at radius 3 is 2.57 bits per heavy atom. The maximum absolute atomic E-state index is 13.4. The second-order valence-electron chi connectivity index (χ2n) is 8.14. The summed E-state index contributed by atoms with van der Waals surface area (Å²) < 4.78 is 36.0. The molecule has 0 radical (unpaired) electrons. The molecule has 1 saturated carbocycles. The minimum absolute atomic E-state index is 0.199. The molecule has 1 fully saturated rings. The second kappa shape index (κ2) is 10.5. The summed E-state index contributed by atoms with van der Waals surface area (Å²) in [4.78, 5) is 11.0. The van der Waals surface area contributed by atoms with E-state index in [1.807, 2.05) is 24.0 Å². The number of hydrogen-bond donors (Lipinski definition) is 0. The van der Waals surface area contributed by atoms with E-state index in [1.54, 1.807) is 13.3 Å². The number of ether oxygens (including phenoxy) is 1. The molecule has 0 amide bonds. The van der Waals surface area contributed by atoms with Crippen LogP contribution in [0.1, 0.15) is 57.0 Å². The second-order valence-corrected chi connectivity index (χ2v) is 10.3. The van der Waals surface area contributed by atoms with E-state index >= 15 is 0 Å². The molecule has 0 N–H and O–H groups in total. The van der Waals surface area contributed by atoms with Gasteiger partial charge in [0.05, 0.1) is 30.3 Å². The Hall–Kier alpha value is -1.71. The van der Waals surface area contributed by atoms with Gasteiger partial charge in [0, 0.05) is 39.1 Å². The summed E-state index contributed by atoms with van der Waals surface area (Å²) in [7, 11) is 0.187. The molecule has 3 rings (SSSR count). The Morgan fingerprint density at radius 2 is 1.90 bits per heavy atom. The minimum atomic E-state index is -3.46. The van der Waals surface area contributed by atoms with Crippen molar-refractivity contribution in [2.45, 2.75) is 82.0 Å². The van der Waals surface area contributed by atoms with Crippen LogP contribution in [0.2, 0.25) is 0 Å². The van der Waals surface area contributed by atoms with Crippen molar-refractivity contribution in [2.24, 2.45) is 0 Å². The molecule has 0 spiro atoms. The van der Waals surface area contributed by atoms with E-state index in [4.69, 9.17) is 4.74 Å². The van der Waals surface area contributed by atoms with Gasteiger partial charge in [-0.25, -0.2) is 18.4 Å². The first-order valence-electron chi connectivity index (χ1n) is 10.9. The van der Waals surface area contributed by atoms with Crippen molar-refractivity contribution in [1.82, 2.24) is 24.0 Å². The Balaban J connectivity index is 1.82. The number of hydrogen-bond acceptors (Lipinski definition) is 6. The Kier molecular flexibility index (Phi) is 8.07. The topological polar surface area (TPSA) is 82.3 Å². The number of aromatic nitrogens is 4. The number of imidazole rings is 2. The first-order chi connectivity index (χ1) is 14.5. The van der Waals surface area contributed by atoms with E-state index in [9.17, 15) is 8.42 Å². The molecule has 168 valence electrons. The zero-order valence-corrected chi connectivity index (χ0v) is 19.3. The van der Waals surface area contributed by atoms with Gasteiger partial charge in [-0.3, -0.25) is 4.90 Å². The van der Waals surface area contributed by atoms with Crippen LogP contribution in [0.3, 0.4) is 0 Å². The highest BCUT2D eigenvalue weighted by molar-refractivity contribution is 7.91. The molecule has 1 aliphatic carbocycles. The highest BCUT2D eigenvalue weighted by atomic mass is 32.2. The molecule has 2 aromatic rings. The van der Waals surface area contributed by atoms with Crippen LogP contribution in [-0.4, -0.2) is 58.4 Å². The molecule has 0 bridgehead atoms. The van der Waals surface area contributed by atoms with E-state index < -0.39 is 9.84 Å². The predicted molar refractivity (Wildman–Crippen MR) is 116 cm³/mol. The first kappa shape index (κ1) is 23.0. The number of rotatable bonds is 10. The van der Waals surface area contributed by atoms with Crippen LogP contribution < -0.4 is 0 Å². The van der Waals surface area contributed by atoms with Gasteiger partial charge in [-0.05, 0) is 26.8 Å². The van der Waals surface area contributed by atoms with Crippen molar-refractivity contribution in [2.75, 3.05) is 20.8 Å². The monoisotopic (exact) mass is 437 g/mol. The lowest BCUT2D eigenvalue weighted by Crippen LogP contribution is -2.27. The van der Waals surface area contributed by atoms with Crippen molar-refractivity contribution < 1.29 is 13.2 Å². The highest BCUT2D eigenvalue weighted by Crippen LogP contribution is 2.28. The summed E-state index contributed by atoms with van der Waals surface area (Å²) >= 11 is 0. The van der Waals surface area contributed by atoms with Crippen LogP contribution >= 0.6 is 0 Å². The summed E-state index contributed by atoms with van der Waals surface area (Å²) in [6.45, 7) is 5.16. The van der Waals surface area contributed by atoms with Crippen LogP contribution in [0.25, 0.3) is 0 Å². The van der Waals surface area contributed by atoms with E-state index in [1.165, 1.54) is 0 Å². The van der Waals surface area contributed by atoms with Crippen LogP contribution in [0, 0.1) is 0 Å². The van der Waals surface area contributed by atoms with Gasteiger partial charge < -0.3 is 13.9 Å². The third-order valence-electron chi connectivity index (χ3n) is 5.90. The van der Waals surface area contributed by atoms with Crippen molar-refractivity contribution in [3.63, 3.8) is 0 Å². The summed E-state index contributed by atoms with van der Waals surface area (Å²) in [6.07, 6.45) is 11.1. The summed E-state index contributed by atoms with van der Waals surface area (Å²) in [5, 5.41) is -0.129. The molecule has 8 nitrogen and oxygen atoms in total. The molecule has 0 unspecified atom stereocenters. The number of sulfone groups is 1. The largest absolute Gasteiger partial charge is 0.383 e. The van der Waals surface area contributed by atoms with E-state index in [2.05, 4.69) is 26.4 Å². The van der Waals surface area contributed by atoms with Crippen LogP contribution in [0.4, 0.5) is 0 Å². The molecular weight excluding hydrogens is 402 g/mol. The number of aryl methyl sites for hydroxylation is 1. The van der Waals surface area contributed by atoms with Crippen molar-refractivity contribution in [3.8, 4) is 0 Å². The van der Waals surface area contributed by atoms with Gasteiger partial charge >= 0.3 is 0 Å². The van der Waals surface area contributed by atoms with E-state index in [0.717, 1.165) is 56.6 Å². The fourth-order valence-corrected chi connectivity index (χ4v) is 6.19. The standard InChI is InChI=1S/C21H35N5O3S/c1-4-25-12-11-22-20(25)17-24(2)16-18-15-23-21(26(18)13-14-29-3)30(27,28)19-9-7-5-6-8-10-19/h11-12,15,19H,4-10,13-14,16-17H2,1-3H3. The van der Waals surface area contributed by atoms with Crippen LogP contribution in [0.15, 0.2) is 23.7 Å². The van der Waals surface area contributed by atoms with E-state index in [-0.39, 0.29) is 10.4 Å². The van der Waals surface area contributed by atoms with Gasteiger partial charge in [0.25, 0.3) is 0 Å². The summed E-state index contributed by atoms with van der Waals surface area (Å²) in [6, 6.07) is 0. The molecule has 0 aromatic carbocycles. The third-order valence-corrected chi connectivity index (χ3v) is 8.09. The Bertz CT molecular complexity index is 898. The first-order valence-corrected chi connectivity index (χ1v) is 12.5. The quantitative estimate of drug-likeness (QED) is 0.532. The van der Waals surface area contributed by atoms with Crippen molar-refractivity contribution in [1.29, 1.82) is 0 Å². The summed E-state index contributed by atoms with van der Waals surface area (Å²) in [5.74, 6) is 0.995. The smallest absolute Gasteiger partial charge is 0.228 e. The molecule has 2 heterocycles. The summed E-state index contributed by atoms with van der Waals surface area (Å²) in [5.41, 5.74) is 0.886. The zero-order chi connectivity index (χ0) is 21.6. The van der Waals surface area contributed by atoms with Gasteiger partial charge in [-0.15, -0.1) is 0 Å². The number of methoxy groups -OCH3 is 1. The molecule has 0 atom stereocenters. The SMILES string of the molecule is CCn1ccnc1CN(C)Cc1cnc(S(=O)(=O)C2CCCCCC2)n1CCOC. The molecule has 1 aliphatic rings. The fourth-order valence-electron chi connectivity index (χ4n) is 4.22. The lowest BCUT2D eigenvalue weighted by Gasteiger charge is -2.20. The maximum atomic E-state index is 13.4. The molecule has 0 aliphatic heterocycles. The highest BCUT2D eigenvalue weighted by Gasteiger charge is 2.32. The van der Waals surface area contributed by atoms with Gasteiger partial charge in [0.1, 0.15) is 5.82 Å². The molecule has 30 heavy (non-hydrogen) atoms. The fraction of sp³-hybridized carbons (Fsp3) is 0.714. The lowest BCUT2D eigenvalue weighted by molar-refractivity contribution is 0.181. The Morgan fingerprint density at radius 1 is 1.17 bits per heavy atom. The van der Waals surface area contributed by atoms with Gasteiger partial charge in [-0.2, -0.15) is 0 Å². The molecular formula is C21H35N5O3S. The van der Waals surface area contributed by atoms with Gasteiger partial charge in [-0.1, -0.05) is 25.7 Å². The minimum Gasteiger partial charge on any atom is -0.383 e. The van der Waals surface area contributed by atoms with Gasteiger partial charge in [0.15, 0.2) is 0 Å². The average Bonchev–Trinajstić information content (AvgIpc) is 3.22. The molecule has 9 heteroatoms. The third kappa shape index (κ3) is 5.31. The van der Waals surface area contributed by atoms with Crippen LogP contribution in [0.5, 0.6) is 0 Å². The van der Waals surface area contributed by atoms with Crippen molar-refractivity contribution >= 4 is 9.84 Å². The lowest BCUT2D eigenvalue weighted by atomic mass is 10.2. The Labute approximate surface area is 180 Å². The average molecular weight is 438 g/mol. The molecule has 0 saturated heterocycles.